The van der Waals surface area contributed by atoms with Crippen molar-refractivity contribution in [1.29, 1.82) is 0 Å². The Hall–Kier alpha value is -2.73. The quantitative estimate of drug-likeness (QED) is 0.463. The number of pyridine rings is 1. The van der Waals surface area contributed by atoms with Gasteiger partial charge in [-0.2, -0.15) is 0 Å². The normalized spacial score (nSPS) is 11.1. The number of nitrogens with zero attached hydrogens (tertiary/aromatic N) is 4. The predicted octanol–water partition coefficient (Wildman–Crippen LogP) is 3.20. The lowest BCUT2D eigenvalue weighted by atomic mass is 10.2. The van der Waals surface area contributed by atoms with E-state index < -0.39 is 0 Å². The molecular weight excluding hydrogens is 306 g/mol. The van der Waals surface area contributed by atoms with Crippen LogP contribution < -0.4 is 5.84 Å². The molecule has 0 spiro atoms. The van der Waals surface area contributed by atoms with Crippen molar-refractivity contribution in [2.75, 3.05) is 5.84 Å². The number of hydrogen-bond acceptors (Lipinski definition) is 4. The Morgan fingerprint density at radius 1 is 0.957 bits per heavy atom. The van der Waals surface area contributed by atoms with E-state index in [2.05, 4.69) is 9.97 Å². The van der Waals surface area contributed by atoms with Gasteiger partial charge in [0.15, 0.2) is 5.16 Å². The summed E-state index contributed by atoms with van der Waals surface area (Å²) < 4.78 is 3.59. The first-order chi connectivity index (χ1) is 11.3. The van der Waals surface area contributed by atoms with Crippen molar-refractivity contribution in [3.63, 3.8) is 0 Å². The zero-order chi connectivity index (χ0) is 15.6. The first kappa shape index (κ1) is 13.9. The van der Waals surface area contributed by atoms with Gasteiger partial charge in [-0.1, -0.05) is 48.2 Å². The second-order valence-electron chi connectivity index (χ2n) is 5.17. The summed E-state index contributed by atoms with van der Waals surface area (Å²) in [6, 6.07) is 16.0. The fraction of sp³-hybridized carbons (Fsp3) is 0.0588. The number of benzene rings is 1. The Bertz CT molecular complexity index is 909. The van der Waals surface area contributed by atoms with Crippen LogP contribution in [0.15, 0.2) is 72.3 Å². The highest BCUT2D eigenvalue weighted by Gasteiger charge is 2.10. The number of hydrogen-bond donors (Lipinski definition) is 1. The minimum Gasteiger partial charge on any atom is -0.337 e. The SMILES string of the molecule is Nn1cc(-c2ccccc2)nc1SCc1cn2ccccc2n1. The molecule has 3 heterocycles. The van der Waals surface area contributed by atoms with Crippen LogP contribution in [0.5, 0.6) is 0 Å². The zero-order valence-corrected chi connectivity index (χ0v) is 13.1. The summed E-state index contributed by atoms with van der Waals surface area (Å²) >= 11 is 1.58. The Labute approximate surface area is 137 Å². The van der Waals surface area contributed by atoms with E-state index in [0.29, 0.717) is 0 Å². The average Bonchev–Trinajstić information content (AvgIpc) is 3.16. The van der Waals surface area contributed by atoms with E-state index in [1.165, 1.54) is 0 Å². The summed E-state index contributed by atoms with van der Waals surface area (Å²) in [5.74, 6) is 6.75. The molecule has 2 N–H and O–H groups in total. The van der Waals surface area contributed by atoms with E-state index in [0.717, 1.165) is 33.5 Å². The molecule has 0 bridgehead atoms. The molecular formula is C17H15N5S. The molecule has 1 aromatic carbocycles. The van der Waals surface area contributed by atoms with E-state index >= 15 is 0 Å². The van der Waals surface area contributed by atoms with E-state index in [1.54, 1.807) is 16.4 Å². The van der Waals surface area contributed by atoms with Crippen molar-refractivity contribution < 1.29 is 0 Å². The van der Waals surface area contributed by atoms with Gasteiger partial charge in [0, 0.05) is 23.7 Å². The lowest BCUT2D eigenvalue weighted by Gasteiger charge is -1.98. The van der Waals surface area contributed by atoms with Gasteiger partial charge in [-0.25, -0.2) is 14.6 Å². The Morgan fingerprint density at radius 2 is 1.78 bits per heavy atom. The molecule has 0 amide bonds. The minimum atomic E-state index is 0.726. The predicted molar refractivity (Wildman–Crippen MR) is 92.6 cm³/mol. The largest absolute Gasteiger partial charge is 0.337 e. The summed E-state index contributed by atoms with van der Waals surface area (Å²) in [5, 5.41) is 0.779. The molecule has 4 aromatic rings. The summed E-state index contributed by atoms with van der Waals surface area (Å²) in [6.45, 7) is 0. The van der Waals surface area contributed by atoms with Crippen molar-refractivity contribution in [1.82, 2.24) is 19.0 Å². The molecule has 0 radical (unpaired) electrons. The Kier molecular flexibility index (Phi) is 3.51. The van der Waals surface area contributed by atoms with Crippen LogP contribution in [-0.2, 0) is 5.75 Å². The van der Waals surface area contributed by atoms with Gasteiger partial charge in [-0.15, -0.1) is 0 Å². The van der Waals surface area contributed by atoms with Crippen molar-refractivity contribution in [2.24, 2.45) is 0 Å². The number of imidazole rings is 2. The van der Waals surface area contributed by atoms with Crippen LogP contribution in [0.4, 0.5) is 0 Å². The third kappa shape index (κ3) is 2.80. The highest BCUT2D eigenvalue weighted by molar-refractivity contribution is 7.98. The van der Waals surface area contributed by atoms with Gasteiger partial charge in [0.05, 0.1) is 17.6 Å². The third-order valence-electron chi connectivity index (χ3n) is 3.53. The van der Waals surface area contributed by atoms with E-state index in [4.69, 9.17) is 5.84 Å². The summed E-state index contributed by atoms with van der Waals surface area (Å²) in [7, 11) is 0. The molecule has 23 heavy (non-hydrogen) atoms. The Morgan fingerprint density at radius 3 is 2.61 bits per heavy atom. The third-order valence-corrected chi connectivity index (χ3v) is 4.53. The molecule has 0 aliphatic rings. The standard InChI is InChI=1S/C17H15N5S/c18-22-11-15(13-6-2-1-3-7-13)20-17(22)23-12-14-10-21-9-5-4-8-16(21)19-14/h1-11H,12,18H2. The fourth-order valence-electron chi connectivity index (χ4n) is 2.43. The lowest BCUT2D eigenvalue weighted by Crippen LogP contribution is -2.07. The number of nitrogens with two attached hydrogens (primary N) is 1. The Balaban J connectivity index is 1.54. The van der Waals surface area contributed by atoms with Crippen molar-refractivity contribution in [2.45, 2.75) is 10.9 Å². The maximum absolute atomic E-state index is 6.03. The van der Waals surface area contributed by atoms with Gasteiger partial charge in [-0.05, 0) is 12.1 Å². The maximum atomic E-state index is 6.03. The second-order valence-corrected chi connectivity index (χ2v) is 6.11. The molecule has 0 saturated carbocycles. The van der Waals surface area contributed by atoms with Gasteiger partial charge >= 0.3 is 0 Å². The monoisotopic (exact) mass is 321 g/mol. The molecule has 3 aromatic heterocycles. The van der Waals surface area contributed by atoms with Crippen LogP contribution in [-0.4, -0.2) is 19.0 Å². The smallest absolute Gasteiger partial charge is 0.187 e. The molecule has 5 nitrogen and oxygen atoms in total. The summed E-state index contributed by atoms with van der Waals surface area (Å²) in [6.07, 6.45) is 5.87. The molecule has 0 aliphatic carbocycles. The number of nitrogen functional groups attached to an aromatic ring is 1. The summed E-state index contributed by atoms with van der Waals surface area (Å²) in [5.41, 5.74) is 3.89. The first-order valence-electron chi connectivity index (χ1n) is 7.25. The number of aromatic nitrogens is 4. The number of fused-ring (bicyclic) bond motifs is 1. The van der Waals surface area contributed by atoms with Gasteiger partial charge in [0.2, 0.25) is 0 Å². The van der Waals surface area contributed by atoms with Crippen molar-refractivity contribution >= 4 is 17.4 Å². The summed E-state index contributed by atoms with van der Waals surface area (Å²) in [4.78, 5) is 9.20. The fourth-order valence-corrected chi connectivity index (χ4v) is 3.21. The van der Waals surface area contributed by atoms with Crippen LogP contribution in [0.2, 0.25) is 0 Å². The van der Waals surface area contributed by atoms with E-state index in [-0.39, 0.29) is 0 Å². The molecule has 6 heteroatoms. The highest BCUT2D eigenvalue weighted by Crippen LogP contribution is 2.25. The number of rotatable bonds is 4. The average molecular weight is 321 g/mol. The molecule has 0 atom stereocenters. The molecule has 0 saturated heterocycles. The second kappa shape index (κ2) is 5.81. The van der Waals surface area contributed by atoms with Gasteiger partial charge < -0.3 is 10.2 Å². The van der Waals surface area contributed by atoms with Crippen LogP contribution >= 0.6 is 11.8 Å². The maximum Gasteiger partial charge on any atom is 0.187 e. The van der Waals surface area contributed by atoms with Gasteiger partial charge in [-0.3, -0.25) is 0 Å². The minimum absolute atomic E-state index is 0.726. The van der Waals surface area contributed by atoms with Crippen LogP contribution in [0.1, 0.15) is 5.69 Å². The van der Waals surface area contributed by atoms with Gasteiger partial charge in [0.1, 0.15) is 5.65 Å². The van der Waals surface area contributed by atoms with E-state index in [1.807, 2.05) is 71.5 Å². The molecule has 4 rings (SSSR count). The molecule has 114 valence electrons. The first-order valence-corrected chi connectivity index (χ1v) is 8.23. The topological polar surface area (TPSA) is 61.1 Å². The van der Waals surface area contributed by atoms with E-state index in [9.17, 15) is 0 Å². The lowest BCUT2D eigenvalue weighted by molar-refractivity contribution is 0.851. The zero-order valence-electron chi connectivity index (χ0n) is 12.3. The highest BCUT2D eigenvalue weighted by atomic mass is 32.2. The number of thioether (sulfide) groups is 1. The van der Waals surface area contributed by atoms with Crippen LogP contribution in [0, 0.1) is 0 Å². The van der Waals surface area contributed by atoms with Crippen LogP contribution in [0.25, 0.3) is 16.9 Å². The van der Waals surface area contributed by atoms with Crippen molar-refractivity contribution in [3.8, 4) is 11.3 Å². The molecule has 0 unspecified atom stereocenters. The van der Waals surface area contributed by atoms with Crippen molar-refractivity contribution in [3.05, 3.63) is 72.8 Å². The van der Waals surface area contributed by atoms with Crippen LogP contribution in [0.3, 0.4) is 0 Å². The molecule has 0 fully saturated rings. The molecule has 0 aliphatic heterocycles. The van der Waals surface area contributed by atoms with Gasteiger partial charge in [0.25, 0.3) is 0 Å².